The van der Waals surface area contributed by atoms with Crippen LogP contribution in [0.1, 0.15) is 49.9 Å². The van der Waals surface area contributed by atoms with Gasteiger partial charge in [-0.15, -0.1) is 0 Å². The van der Waals surface area contributed by atoms with Gasteiger partial charge in [-0.3, -0.25) is 4.79 Å². The van der Waals surface area contributed by atoms with E-state index in [-0.39, 0.29) is 5.76 Å². The van der Waals surface area contributed by atoms with Crippen molar-refractivity contribution in [2.24, 2.45) is 16.6 Å². The molecule has 0 aromatic carbocycles. The van der Waals surface area contributed by atoms with Crippen LogP contribution in [0.5, 0.6) is 0 Å². The van der Waals surface area contributed by atoms with Crippen molar-refractivity contribution in [3.05, 3.63) is 23.7 Å². The fourth-order valence-corrected chi connectivity index (χ4v) is 3.04. The number of rotatable bonds is 7. The predicted octanol–water partition coefficient (Wildman–Crippen LogP) is 1.55. The molecular weight excluding hydrogens is 318 g/mol. The van der Waals surface area contributed by atoms with Crippen molar-refractivity contribution >= 4 is 11.9 Å². The fraction of sp³-hybridized carbons (Fsp3) is 0.667. The summed E-state index contributed by atoms with van der Waals surface area (Å²) in [4.78, 5) is 18.2. The minimum atomic E-state index is -0.562. The molecule has 0 unspecified atom stereocenters. The second-order valence-corrected chi connectivity index (χ2v) is 6.94. The highest BCUT2D eigenvalue weighted by atomic mass is 16.3. The molecule has 1 fully saturated rings. The quantitative estimate of drug-likeness (QED) is 0.513. The molecule has 0 bridgehead atoms. The molecule has 0 saturated carbocycles. The van der Waals surface area contributed by atoms with Gasteiger partial charge in [0.15, 0.2) is 11.7 Å². The molecule has 140 valence electrons. The molecule has 1 aromatic heterocycles. The van der Waals surface area contributed by atoms with Gasteiger partial charge < -0.3 is 25.7 Å². The van der Waals surface area contributed by atoms with Crippen LogP contribution in [0.3, 0.4) is 0 Å². The van der Waals surface area contributed by atoms with Crippen molar-refractivity contribution < 1.29 is 9.21 Å². The molecule has 1 amide bonds. The summed E-state index contributed by atoms with van der Waals surface area (Å²) in [5.41, 5.74) is 5.20. The largest absolute Gasteiger partial charge is 0.454 e. The van der Waals surface area contributed by atoms with Crippen LogP contribution in [-0.2, 0) is 6.54 Å². The van der Waals surface area contributed by atoms with E-state index in [1.54, 1.807) is 12.1 Å². The van der Waals surface area contributed by atoms with E-state index in [1.807, 2.05) is 6.92 Å². The monoisotopic (exact) mass is 349 g/mol. The van der Waals surface area contributed by atoms with Crippen molar-refractivity contribution in [2.45, 2.75) is 46.2 Å². The number of likely N-dealkylation sites (tertiary alicyclic amines) is 1. The van der Waals surface area contributed by atoms with E-state index in [2.05, 4.69) is 34.4 Å². The van der Waals surface area contributed by atoms with Gasteiger partial charge in [0.2, 0.25) is 0 Å². The lowest BCUT2D eigenvalue weighted by atomic mass is 10.0. The van der Waals surface area contributed by atoms with Gasteiger partial charge in [-0.2, -0.15) is 0 Å². The van der Waals surface area contributed by atoms with Crippen LogP contribution in [0.15, 0.2) is 21.5 Å². The molecular formula is C18H31N5O2. The second-order valence-electron chi connectivity index (χ2n) is 6.94. The van der Waals surface area contributed by atoms with Crippen molar-refractivity contribution in [1.82, 2.24) is 15.5 Å². The van der Waals surface area contributed by atoms with Crippen LogP contribution < -0.4 is 16.4 Å². The Hall–Kier alpha value is -2.02. The Morgan fingerprint density at radius 1 is 1.40 bits per heavy atom. The lowest BCUT2D eigenvalue weighted by Crippen LogP contribution is -2.49. The van der Waals surface area contributed by atoms with Gasteiger partial charge in [0.1, 0.15) is 12.3 Å². The third kappa shape index (κ3) is 6.42. The topological polar surface area (TPSA) is 95.9 Å². The third-order valence-electron chi connectivity index (χ3n) is 4.19. The normalized spacial score (nSPS) is 17.0. The van der Waals surface area contributed by atoms with Crippen LogP contribution in [0.4, 0.5) is 0 Å². The first-order valence-electron chi connectivity index (χ1n) is 9.13. The molecule has 1 aliphatic heterocycles. The van der Waals surface area contributed by atoms with Crippen LogP contribution in [-0.4, -0.2) is 49.0 Å². The van der Waals surface area contributed by atoms with E-state index in [0.717, 1.165) is 38.4 Å². The van der Waals surface area contributed by atoms with E-state index in [4.69, 9.17) is 10.2 Å². The highest BCUT2D eigenvalue weighted by Gasteiger charge is 2.20. The zero-order chi connectivity index (χ0) is 18.2. The maximum atomic E-state index is 11.1. The van der Waals surface area contributed by atoms with Crippen LogP contribution in [0.25, 0.3) is 0 Å². The summed E-state index contributed by atoms with van der Waals surface area (Å²) < 4.78 is 5.37. The number of nitrogens with two attached hydrogens (primary N) is 1. The van der Waals surface area contributed by atoms with Crippen LogP contribution in [0.2, 0.25) is 0 Å². The van der Waals surface area contributed by atoms with Crippen molar-refractivity contribution in [3.63, 3.8) is 0 Å². The molecule has 2 heterocycles. The van der Waals surface area contributed by atoms with Gasteiger partial charge in [0.25, 0.3) is 5.91 Å². The summed E-state index contributed by atoms with van der Waals surface area (Å²) in [6.07, 6.45) is 2.23. The molecule has 1 aliphatic rings. The number of primary amides is 1. The fourth-order valence-electron chi connectivity index (χ4n) is 3.04. The first-order chi connectivity index (χ1) is 12.0. The maximum absolute atomic E-state index is 11.1. The molecule has 7 heteroatoms. The molecule has 4 N–H and O–H groups in total. The summed E-state index contributed by atoms with van der Waals surface area (Å²) in [7, 11) is 0. The van der Waals surface area contributed by atoms with Crippen LogP contribution >= 0.6 is 0 Å². The van der Waals surface area contributed by atoms with Gasteiger partial charge >= 0.3 is 0 Å². The Morgan fingerprint density at radius 2 is 2.12 bits per heavy atom. The molecule has 0 spiro atoms. The predicted molar refractivity (Wildman–Crippen MR) is 99.5 cm³/mol. The summed E-state index contributed by atoms with van der Waals surface area (Å²) >= 11 is 0. The molecule has 1 saturated heterocycles. The SMILES string of the molecule is CCNC(=NCc1ccc(C(N)=O)o1)NC1CCN(CC(C)C)CC1. The van der Waals surface area contributed by atoms with E-state index in [1.165, 1.54) is 6.54 Å². The smallest absolute Gasteiger partial charge is 0.284 e. The Balaban J connectivity index is 1.86. The zero-order valence-corrected chi connectivity index (χ0v) is 15.5. The minimum Gasteiger partial charge on any atom is -0.454 e. The van der Waals surface area contributed by atoms with Gasteiger partial charge in [-0.25, -0.2) is 4.99 Å². The summed E-state index contributed by atoms with van der Waals surface area (Å²) in [5, 5.41) is 6.77. The zero-order valence-electron chi connectivity index (χ0n) is 15.5. The number of nitrogens with one attached hydrogen (secondary N) is 2. The number of nitrogens with zero attached hydrogens (tertiary/aromatic N) is 2. The molecule has 1 aromatic rings. The lowest BCUT2D eigenvalue weighted by Gasteiger charge is -2.34. The molecule has 25 heavy (non-hydrogen) atoms. The lowest BCUT2D eigenvalue weighted by molar-refractivity contribution is 0.0972. The Morgan fingerprint density at radius 3 is 2.68 bits per heavy atom. The van der Waals surface area contributed by atoms with Crippen molar-refractivity contribution in [2.75, 3.05) is 26.2 Å². The number of carbonyl (C=O) groups excluding carboxylic acids is 1. The average Bonchev–Trinajstić information content (AvgIpc) is 3.03. The van der Waals surface area contributed by atoms with E-state index in [0.29, 0.717) is 24.3 Å². The number of carbonyl (C=O) groups is 1. The number of guanidine groups is 1. The summed E-state index contributed by atoms with van der Waals surface area (Å²) in [6.45, 7) is 11.1. The van der Waals surface area contributed by atoms with E-state index in [9.17, 15) is 4.79 Å². The Kier molecular flexibility index (Phi) is 7.31. The number of hydrogen-bond donors (Lipinski definition) is 3. The van der Waals surface area contributed by atoms with E-state index >= 15 is 0 Å². The summed E-state index contributed by atoms with van der Waals surface area (Å²) in [6, 6.07) is 3.74. The molecule has 2 rings (SSSR count). The number of aliphatic imine (C=N–C) groups is 1. The molecule has 0 aliphatic carbocycles. The molecule has 0 atom stereocenters. The van der Waals surface area contributed by atoms with Crippen LogP contribution in [0, 0.1) is 5.92 Å². The highest BCUT2D eigenvalue weighted by molar-refractivity contribution is 5.89. The molecule has 0 radical (unpaired) electrons. The standard InChI is InChI=1S/C18H31N5O2/c1-4-20-18(21-11-15-5-6-16(25-15)17(19)24)22-14-7-9-23(10-8-14)12-13(2)3/h5-6,13-14H,4,7-12H2,1-3H3,(H2,19,24)(H2,20,21,22). The van der Waals surface area contributed by atoms with Gasteiger partial charge in [-0.05, 0) is 37.8 Å². The first kappa shape index (κ1) is 19.3. The minimum absolute atomic E-state index is 0.167. The van der Waals surface area contributed by atoms with Crippen molar-refractivity contribution in [3.8, 4) is 0 Å². The van der Waals surface area contributed by atoms with Gasteiger partial charge in [0.05, 0.1) is 0 Å². The Labute approximate surface area is 150 Å². The number of amides is 1. The van der Waals surface area contributed by atoms with Crippen molar-refractivity contribution in [1.29, 1.82) is 0 Å². The van der Waals surface area contributed by atoms with E-state index < -0.39 is 5.91 Å². The third-order valence-corrected chi connectivity index (χ3v) is 4.19. The number of furan rings is 1. The van der Waals surface area contributed by atoms with Gasteiger partial charge in [0, 0.05) is 32.2 Å². The summed E-state index contributed by atoms with van der Waals surface area (Å²) in [5.74, 6) is 1.72. The van der Waals surface area contributed by atoms with Gasteiger partial charge in [-0.1, -0.05) is 13.8 Å². The highest BCUT2D eigenvalue weighted by Crippen LogP contribution is 2.12. The number of piperidine rings is 1. The maximum Gasteiger partial charge on any atom is 0.284 e. The first-order valence-corrected chi connectivity index (χ1v) is 9.13. The average molecular weight is 349 g/mol. The second kappa shape index (κ2) is 9.46. The molecule has 7 nitrogen and oxygen atoms in total. The Bertz CT molecular complexity index is 574. The number of hydrogen-bond acceptors (Lipinski definition) is 4.